The molecule has 0 radical (unpaired) electrons. The molecule has 0 atom stereocenters. The van der Waals surface area contributed by atoms with E-state index in [1.54, 1.807) is 0 Å². The Hall–Kier alpha value is -6.42. The van der Waals surface area contributed by atoms with Gasteiger partial charge in [-0.3, -0.25) is 0 Å². The second-order valence-electron chi connectivity index (χ2n) is 15.6. The van der Waals surface area contributed by atoms with Crippen LogP contribution in [0, 0.1) is 0 Å². The van der Waals surface area contributed by atoms with Crippen LogP contribution in [0.4, 0.5) is 11.4 Å². The number of hydrogen-bond donors (Lipinski definition) is 0. The summed E-state index contributed by atoms with van der Waals surface area (Å²) in [5.41, 5.74) is 11.5. The summed E-state index contributed by atoms with van der Waals surface area (Å²) in [5.74, 6) is 0. The average molecular weight is 737 g/mol. The van der Waals surface area contributed by atoms with E-state index in [1.165, 1.54) is 103 Å². The lowest BCUT2D eigenvalue weighted by Gasteiger charge is -2.27. The third-order valence-corrected chi connectivity index (χ3v) is 13.5. The first-order chi connectivity index (χ1) is 27.5. The molecule has 56 heavy (non-hydrogen) atoms. The van der Waals surface area contributed by atoms with Gasteiger partial charge >= 0.3 is 0 Å². The summed E-state index contributed by atoms with van der Waals surface area (Å²) in [7, 11) is 0. The highest BCUT2D eigenvalue weighted by Crippen LogP contribution is 2.50. The van der Waals surface area contributed by atoms with Crippen molar-refractivity contribution in [1.29, 1.82) is 0 Å². The predicted molar refractivity (Wildman–Crippen MR) is 242 cm³/mol. The number of fused-ring (bicyclic) bond motifs is 11. The summed E-state index contributed by atoms with van der Waals surface area (Å²) in [6.07, 6.45) is 4.74. The van der Waals surface area contributed by atoms with Crippen LogP contribution in [0.25, 0.3) is 82.4 Å². The molecule has 2 aromatic heterocycles. The zero-order chi connectivity index (χ0) is 37.5. The Morgan fingerprint density at radius 3 is 1.91 bits per heavy atom. The fraction of sp³-hybridized carbons (Fsp3) is 0.0943. The van der Waals surface area contributed by atoms with Gasteiger partial charge in [0.2, 0.25) is 0 Å². The first kappa shape index (κ1) is 33.0. The maximum Gasteiger partial charge on any atom is 0.0640 e. The average Bonchev–Trinajstić information content (AvgIpc) is 3.86. The first-order valence-corrected chi connectivity index (χ1v) is 20.4. The normalized spacial score (nSPS) is 14.1. The Morgan fingerprint density at radius 2 is 1.20 bits per heavy atom. The van der Waals surface area contributed by atoms with E-state index in [4.69, 9.17) is 0 Å². The van der Waals surface area contributed by atoms with E-state index in [1.807, 2.05) is 11.3 Å². The fourth-order valence-corrected chi connectivity index (χ4v) is 10.8. The molecule has 0 unspecified atom stereocenters. The molecule has 0 amide bonds. The third-order valence-electron chi connectivity index (χ3n) is 12.2. The van der Waals surface area contributed by atoms with Crippen molar-refractivity contribution in [3.05, 3.63) is 185 Å². The summed E-state index contributed by atoms with van der Waals surface area (Å²) in [4.78, 5) is 2.47. The molecule has 0 spiro atoms. The van der Waals surface area contributed by atoms with E-state index in [9.17, 15) is 0 Å². The number of thiophene rings is 1. The molecule has 1 aliphatic carbocycles. The molecule has 0 bridgehead atoms. The molecule has 0 N–H and O–H groups in total. The van der Waals surface area contributed by atoms with E-state index in [2.05, 4.69) is 206 Å². The van der Waals surface area contributed by atoms with E-state index < -0.39 is 0 Å². The minimum Gasteiger partial charge on any atom is -0.338 e. The van der Waals surface area contributed by atoms with Crippen LogP contribution in [0.15, 0.2) is 164 Å². The molecular formula is C53H40N2S. The maximum atomic E-state index is 2.52. The Bertz CT molecular complexity index is 3230. The van der Waals surface area contributed by atoms with Crippen molar-refractivity contribution in [1.82, 2.24) is 4.57 Å². The number of aromatic nitrogens is 1. The summed E-state index contributed by atoms with van der Waals surface area (Å²) in [6, 6.07) is 60.5. The highest BCUT2D eigenvalue weighted by molar-refractivity contribution is 7.17. The quantitative estimate of drug-likeness (QED) is 0.171. The molecule has 10 aromatic rings. The zero-order valence-corrected chi connectivity index (χ0v) is 32.6. The van der Waals surface area contributed by atoms with Gasteiger partial charge in [0.1, 0.15) is 0 Å². The third kappa shape index (κ3) is 4.80. The largest absolute Gasteiger partial charge is 0.338 e. The van der Waals surface area contributed by atoms with Gasteiger partial charge in [-0.2, -0.15) is 0 Å². The van der Waals surface area contributed by atoms with Crippen molar-refractivity contribution in [3.8, 4) is 16.8 Å². The van der Waals surface area contributed by atoms with Gasteiger partial charge < -0.3 is 9.47 Å². The van der Waals surface area contributed by atoms with E-state index >= 15 is 0 Å². The van der Waals surface area contributed by atoms with E-state index in [0.29, 0.717) is 0 Å². The molecule has 0 saturated heterocycles. The van der Waals surface area contributed by atoms with Crippen molar-refractivity contribution in [2.45, 2.75) is 26.2 Å². The molecule has 1 aliphatic rings. The van der Waals surface area contributed by atoms with Crippen LogP contribution < -0.4 is 14.7 Å². The molecular weight excluding hydrogens is 697 g/mol. The van der Waals surface area contributed by atoms with Gasteiger partial charge in [0, 0.05) is 44.0 Å². The van der Waals surface area contributed by atoms with Crippen LogP contribution in [-0.2, 0) is 5.41 Å². The zero-order valence-electron chi connectivity index (χ0n) is 31.8. The molecule has 2 heterocycles. The highest BCUT2D eigenvalue weighted by Gasteiger charge is 2.35. The number of nitrogens with zero attached hydrogens (tertiary/aromatic N) is 2. The number of para-hydroxylation sites is 1. The number of rotatable bonds is 5. The van der Waals surface area contributed by atoms with Crippen LogP contribution in [0.1, 0.15) is 31.9 Å². The second kappa shape index (κ2) is 12.6. The van der Waals surface area contributed by atoms with Crippen LogP contribution in [0.3, 0.4) is 0 Å². The smallest absolute Gasteiger partial charge is 0.0640 e. The van der Waals surface area contributed by atoms with Crippen molar-refractivity contribution in [3.63, 3.8) is 0 Å². The van der Waals surface area contributed by atoms with Crippen LogP contribution >= 0.6 is 11.3 Å². The van der Waals surface area contributed by atoms with Crippen LogP contribution in [0.5, 0.6) is 0 Å². The van der Waals surface area contributed by atoms with Crippen LogP contribution in [-0.4, -0.2) is 11.1 Å². The standard InChI is InChI=1S/C53H40N2S/c1-4-38-43-22-14-24-48(55-46-29-25-34-15-8-10-19-39(34)50(46)51-40-20-11-9-16-35(40)26-30-47(51)55)52(43)56-49(38)31-32-54(36-17-6-5-7-18-36)37-27-28-42-41-21-12-13-23-44(41)53(2,3)45(42)33-37/h4-31,33H,32H2,1-3H3/b38-4-,49-31+. The summed E-state index contributed by atoms with van der Waals surface area (Å²) in [6.45, 7) is 7.65. The first-order valence-electron chi connectivity index (χ1n) is 19.6. The van der Waals surface area contributed by atoms with Crippen molar-refractivity contribution in [2.75, 3.05) is 11.4 Å². The van der Waals surface area contributed by atoms with Gasteiger partial charge in [-0.15, -0.1) is 11.3 Å². The summed E-state index contributed by atoms with van der Waals surface area (Å²) in [5, 5.41) is 10.3. The predicted octanol–water partition coefficient (Wildman–Crippen LogP) is 13.0. The molecule has 2 nitrogen and oxygen atoms in total. The highest BCUT2D eigenvalue weighted by atomic mass is 32.1. The van der Waals surface area contributed by atoms with Gasteiger partial charge in [0.05, 0.1) is 21.4 Å². The van der Waals surface area contributed by atoms with Crippen molar-refractivity contribution < 1.29 is 0 Å². The Morgan fingerprint density at radius 1 is 0.571 bits per heavy atom. The molecule has 268 valence electrons. The van der Waals surface area contributed by atoms with Gasteiger partial charge in [0.15, 0.2) is 0 Å². The Kier molecular flexibility index (Phi) is 7.39. The minimum atomic E-state index is -0.0639. The lowest BCUT2D eigenvalue weighted by atomic mass is 9.82. The van der Waals surface area contributed by atoms with Gasteiger partial charge in [-0.25, -0.2) is 0 Å². The summed E-state index contributed by atoms with van der Waals surface area (Å²) < 4.78 is 5.11. The molecule has 0 saturated carbocycles. The van der Waals surface area contributed by atoms with Crippen LogP contribution in [0.2, 0.25) is 0 Å². The summed E-state index contributed by atoms with van der Waals surface area (Å²) >= 11 is 1.91. The minimum absolute atomic E-state index is 0.0639. The van der Waals surface area contributed by atoms with Gasteiger partial charge in [-0.1, -0.05) is 141 Å². The lowest BCUT2D eigenvalue weighted by molar-refractivity contribution is 0.660. The van der Waals surface area contributed by atoms with Gasteiger partial charge in [-0.05, 0) is 104 Å². The van der Waals surface area contributed by atoms with Gasteiger partial charge in [0.25, 0.3) is 0 Å². The number of hydrogen-bond acceptors (Lipinski definition) is 2. The van der Waals surface area contributed by atoms with Crippen molar-refractivity contribution >= 4 is 88.3 Å². The van der Waals surface area contributed by atoms with E-state index in [-0.39, 0.29) is 5.41 Å². The maximum absolute atomic E-state index is 2.52. The fourth-order valence-electron chi connectivity index (χ4n) is 9.58. The van der Waals surface area contributed by atoms with Crippen molar-refractivity contribution in [2.24, 2.45) is 0 Å². The number of anilines is 2. The molecule has 0 fully saturated rings. The molecule has 3 heteroatoms. The van der Waals surface area contributed by atoms with E-state index in [0.717, 1.165) is 6.54 Å². The Balaban J connectivity index is 1.10. The second-order valence-corrected chi connectivity index (χ2v) is 16.6. The SMILES string of the molecule is C/C=c1\c(=C/CN(c2ccccc2)c2ccc3c(c2)C(C)(C)c2ccccc2-3)sc2c(-n3c4ccc5ccccc5c4c4c5ccccc5ccc43)cccc12. The molecule has 0 aliphatic heterocycles. The Labute approximate surface area is 330 Å². The molecule has 8 aromatic carbocycles. The lowest BCUT2D eigenvalue weighted by Crippen LogP contribution is -2.24. The topological polar surface area (TPSA) is 8.17 Å². The molecule has 11 rings (SSSR count). The number of benzene rings is 8. The monoisotopic (exact) mass is 736 g/mol.